The molecule has 1 heterocycles. The summed E-state index contributed by atoms with van der Waals surface area (Å²) in [4.78, 5) is 4.10. The van der Waals surface area contributed by atoms with Gasteiger partial charge in [0, 0.05) is 6.20 Å². The van der Waals surface area contributed by atoms with Gasteiger partial charge in [0.05, 0.1) is 11.8 Å². The Bertz CT molecular complexity index is 825. The number of aromatic nitrogens is 1. The van der Waals surface area contributed by atoms with E-state index in [9.17, 15) is 9.50 Å². The molecule has 2 nitrogen and oxygen atoms in total. The highest BCUT2D eigenvalue weighted by atomic mass is 19.1. The molecule has 4 aliphatic carbocycles. The predicted molar refractivity (Wildman–Crippen MR) is 105 cm³/mol. The van der Waals surface area contributed by atoms with Crippen LogP contribution in [0, 0.1) is 34.9 Å². The van der Waals surface area contributed by atoms with Gasteiger partial charge in [0.15, 0.2) is 0 Å². The number of hydrogen-bond donors (Lipinski definition) is 1. The molecule has 0 radical (unpaired) electrons. The van der Waals surface area contributed by atoms with Crippen LogP contribution in [0.25, 0.3) is 5.57 Å². The van der Waals surface area contributed by atoms with Crippen LogP contribution < -0.4 is 0 Å². The van der Waals surface area contributed by atoms with Gasteiger partial charge in [0.1, 0.15) is 5.82 Å². The molecule has 2 fully saturated rings. The summed E-state index contributed by atoms with van der Waals surface area (Å²) in [5, 5.41) is 10.5. The van der Waals surface area contributed by atoms with Crippen molar-refractivity contribution in [3.63, 3.8) is 0 Å². The Balaban J connectivity index is 1.44. The molecule has 0 saturated heterocycles. The Morgan fingerprint density at radius 1 is 1.07 bits per heavy atom. The summed E-state index contributed by atoms with van der Waals surface area (Å²) in [6.07, 6.45) is 15.6. The van der Waals surface area contributed by atoms with E-state index in [1.54, 1.807) is 6.07 Å². The number of fused-ring (bicyclic) bond motifs is 5. The average Bonchev–Trinajstić information content (AvgIpc) is 2.97. The largest absolute Gasteiger partial charge is 0.390 e. The van der Waals surface area contributed by atoms with Gasteiger partial charge in [-0.1, -0.05) is 24.6 Å². The van der Waals surface area contributed by atoms with E-state index in [-0.39, 0.29) is 11.2 Å². The van der Waals surface area contributed by atoms with Gasteiger partial charge in [-0.3, -0.25) is 4.98 Å². The molecule has 4 aliphatic rings. The maximum atomic E-state index is 13.8. The zero-order chi connectivity index (χ0) is 18.8. The zero-order valence-electron chi connectivity index (χ0n) is 16.4. The van der Waals surface area contributed by atoms with Gasteiger partial charge in [-0.15, -0.1) is 0 Å². The van der Waals surface area contributed by atoms with Crippen LogP contribution in [0.2, 0.25) is 0 Å². The van der Waals surface area contributed by atoms with Gasteiger partial charge in [-0.2, -0.15) is 0 Å². The van der Waals surface area contributed by atoms with Crippen LogP contribution >= 0.6 is 0 Å². The molecular weight excluding hydrogens is 337 g/mol. The number of hydrogen-bond acceptors (Lipinski definition) is 2. The zero-order valence-corrected chi connectivity index (χ0v) is 16.4. The Morgan fingerprint density at radius 2 is 1.93 bits per heavy atom. The van der Waals surface area contributed by atoms with Crippen molar-refractivity contribution in [3.05, 3.63) is 47.6 Å². The Kier molecular flexibility index (Phi) is 3.92. The topological polar surface area (TPSA) is 33.1 Å². The van der Waals surface area contributed by atoms with Crippen molar-refractivity contribution in [2.24, 2.45) is 29.1 Å². The van der Waals surface area contributed by atoms with Crippen LogP contribution in [0.4, 0.5) is 4.39 Å². The minimum Gasteiger partial charge on any atom is -0.390 e. The lowest BCUT2D eigenvalue weighted by atomic mass is 9.51. The van der Waals surface area contributed by atoms with Crippen LogP contribution in [-0.4, -0.2) is 15.7 Å². The standard InChI is InChI=1S/C24H30FNO/c1-23(27)9-7-18-15(12-23)3-4-20-19(18)8-10-24(2)21(5-6-22(20)24)16-11-17(25)14-26-13-16/h3,5,11,13-14,18-20,22,27H,4,6-10,12H2,1-2H3/t18?,19?,20?,22?,23-,24?/m0/s1. The quantitative estimate of drug-likeness (QED) is 0.661. The second-order valence-electron chi connectivity index (χ2n) is 9.97. The SMILES string of the molecule is CC12CCC3C4CC[C@](C)(O)CC4=CCC3C1CC=C2c1cncc(F)c1. The van der Waals surface area contributed by atoms with E-state index in [1.807, 2.05) is 13.1 Å². The van der Waals surface area contributed by atoms with Crippen molar-refractivity contribution in [1.29, 1.82) is 0 Å². The Morgan fingerprint density at radius 3 is 2.74 bits per heavy atom. The fourth-order valence-corrected chi connectivity index (χ4v) is 7.04. The van der Waals surface area contributed by atoms with Gasteiger partial charge in [-0.05, 0) is 98.2 Å². The van der Waals surface area contributed by atoms with E-state index in [0.717, 1.165) is 49.5 Å². The van der Waals surface area contributed by atoms with Gasteiger partial charge in [0.25, 0.3) is 0 Å². The Labute approximate surface area is 161 Å². The van der Waals surface area contributed by atoms with Crippen LogP contribution in [0.3, 0.4) is 0 Å². The summed E-state index contributed by atoms with van der Waals surface area (Å²) in [7, 11) is 0. The second-order valence-corrected chi connectivity index (χ2v) is 9.97. The summed E-state index contributed by atoms with van der Waals surface area (Å²) in [5.41, 5.74) is 3.45. The summed E-state index contributed by atoms with van der Waals surface area (Å²) in [6, 6.07) is 1.65. The third-order valence-electron chi connectivity index (χ3n) is 8.31. The van der Waals surface area contributed by atoms with Crippen molar-refractivity contribution >= 4 is 5.57 Å². The molecule has 0 aliphatic heterocycles. The molecular formula is C24H30FNO. The first-order valence-corrected chi connectivity index (χ1v) is 10.6. The summed E-state index contributed by atoms with van der Waals surface area (Å²) >= 11 is 0. The van der Waals surface area contributed by atoms with E-state index in [1.165, 1.54) is 30.2 Å². The van der Waals surface area contributed by atoms with Gasteiger partial charge in [-0.25, -0.2) is 4.39 Å². The van der Waals surface area contributed by atoms with E-state index in [4.69, 9.17) is 0 Å². The van der Waals surface area contributed by atoms with Crippen molar-refractivity contribution in [2.75, 3.05) is 0 Å². The molecule has 0 spiro atoms. The number of pyridine rings is 1. The molecule has 0 amide bonds. The molecule has 6 atom stereocenters. The average molecular weight is 368 g/mol. The monoisotopic (exact) mass is 367 g/mol. The first kappa shape index (κ1) is 17.6. The van der Waals surface area contributed by atoms with E-state index in [0.29, 0.717) is 11.8 Å². The first-order chi connectivity index (χ1) is 12.9. The summed E-state index contributed by atoms with van der Waals surface area (Å²) < 4.78 is 13.8. The maximum Gasteiger partial charge on any atom is 0.142 e. The number of halogens is 1. The summed E-state index contributed by atoms with van der Waals surface area (Å²) in [6.45, 7) is 4.40. The molecule has 27 heavy (non-hydrogen) atoms. The highest BCUT2D eigenvalue weighted by molar-refractivity contribution is 5.72. The fourth-order valence-electron chi connectivity index (χ4n) is 7.04. The molecule has 2 saturated carbocycles. The molecule has 0 aromatic carbocycles. The van der Waals surface area contributed by atoms with Crippen LogP contribution in [0.15, 0.2) is 36.2 Å². The highest BCUT2D eigenvalue weighted by Gasteiger charge is 2.54. The van der Waals surface area contributed by atoms with Gasteiger partial charge >= 0.3 is 0 Å². The minimum atomic E-state index is -0.509. The van der Waals surface area contributed by atoms with Crippen LogP contribution in [0.1, 0.15) is 64.4 Å². The second kappa shape index (κ2) is 6.01. The highest BCUT2D eigenvalue weighted by Crippen LogP contribution is 2.63. The first-order valence-electron chi connectivity index (χ1n) is 10.6. The van der Waals surface area contributed by atoms with Crippen LogP contribution in [0.5, 0.6) is 0 Å². The third-order valence-corrected chi connectivity index (χ3v) is 8.31. The minimum absolute atomic E-state index is 0.141. The van der Waals surface area contributed by atoms with Gasteiger partial charge < -0.3 is 5.11 Å². The number of rotatable bonds is 1. The lowest BCUT2D eigenvalue weighted by Crippen LogP contribution is -2.46. The molecule has 144 valence electrons. The number of allylic oxidation sites excluding steroid dienone is 3. The lowest BCUT2D eigenvalue weighted by molar-refractivity contribution is -0.0122. The van der Waals surface area contributed by atoms with E-state index in [2.05, 4.69) is 24.1 Å². The smallest absolute Gasteiger partial charge is 0.142 e. The van der Waals surface area contributed by atoms with Gasteiger partial charge in [0.2, 0.25) is 0 Å². The Hall–Kier alpha value is -1.48. The molecule has 3 heteroatoms. The van der Waals surface area contributed by atoms with Crippen molar-refractivity contribution in [3.8, 4) is 0 Å². The normalized spacial score (nSPS) is 43.3. The molecule has 1 N–H and O–H groups in total. The van der Waals surface area contributed by atoms with Crippen LogP contribution in [-0.2, 0) is 0 Å². The maximum absolute atomic E-state index is 13.8. The third kappa shape index (κ3) is 2.73. The predicted octanol–water partition coefficient (Wildman–Crippen LogP) is 5.54. The number of aliphatic hydroxyl groups is 1. The molecule has 5 rings (SSSR count). The lowest BCUT2D eigenvalue weighted by Gasteiger charge is -2.54. The molecule has 5 unspecified atom stereocenters. The van der Waals surface area contributed by atoms with Crippen molar-refractivity contribution in [2.45, 2.75) is 64.4 Å². The number of nitrogens with zero attached hydrogens (tertiary/aromatic N) is 1. The van der Waals surface area contributed by atoms with Crippen molar-refractivity contribution < 1.29 is 9.50 Å². The van der Waals surface area contributed by atoms with E-state index >= 15 is 0 Å². The molecule has 1 aromatic heterocycles. The van der Waals surface area contributed by atoms with E-state index < -0.39 is 5.60 Å². The van der Waals surface area contributed by atoms with Crippen molar-refractivity contribution in [1.82, 2.24) is 4.98 Å². The summed E-state index contributed by atoms with van der Waals surface area (Å²) in [5.74, 6) is 2.56. The molecule has 1 aromatic rings. The molecule has 0 bridgehead atoms. The fraction of sp³-hybridized carbons (Fsp3) is 0.625.